The maximum Gasteiger partial charge on any atom is 0.295 e. The van der Waals surface area contributed by atoms with Gasteiger partial charge in [-0.3, -0.25) is 9.59 Å². The number of aryl methyl sites for hydroxylation is 1. The minimum atomic E-state index is -0.806. The van der Waals surface area contributed by atoms with Crippen molar-refractivity contribution in [2.75, 3.05) is 27.4 Å². The molecule has 4 rings (SSSR count). The van der Waals surface area contributed by atoms with Crippen molar-refractivity contribution in [2.45, 2.75) is 19.0 Å². The van der Waals surface area contributed by atoms with E-state index in [1.54, 1.807) is 61.1 Å². The summed E-state index contributed by atoms with van der Waals surface area (Å²) in [6.45, 7) is 4.88. The predicted octanol–water partition coefficient (Wildman–Crippen LogP) is 3.98. The second-order valence-corrected chi connectivity index (χ2v) is 8.39. The number of rotatable bonds is 11. The summed E-state index contributed by atoms with van der Waals surface area (Å²) in [4.78, 5) is 32.0. The smallest absolute Gasteiger partial charge is 0.295 e. The Balaban J connectivity index is 1.74. The highest BCUT2D eigenvalue weighted by Gasteiger charge is 2.46. The van der Waals surface area contributed by atoms with Crippen molar-refractivity contribution in [2.24, 2.45) is 0 Å². The molecule has 0 spiro atoms. The van der Waals surface area contributed by atoms with Gasteiger partial charge < -0.3 is 28.8 Å². The SMILES string of the molecule is C=CCOc1ccc(/C(O)=C2\C(=O)C(=O)N(CCCn3ccnc3)[C@@H]2c2ccc(OC)c(OC)c2)cc1. The molecule has 37 heavy (non-hydrogen) atoms. The highest BCUT2D eigenvalue weighted by atomic mass is 16.5. The first-order chi connectivity index (χ1) is 18.0. The molecule has 1 amide bonds. The molecule has 3 aromatic rings. The highest BCUT2D eigenvalue weighted by Crippen LogP contribution is 2.42. The number of benzene rings is 2. The number of likely N-dealkylation sites (tertiary alicyclic amines) is 1. The lowest BCUT2D eigenvalue weighted by atomic mass is 9.95. The maximum absolute atomic E-state index is 13.3. The van der Waals surface area contributed by atoms with E-state index in [1.807, 2.05) is 10.8 Å². The van der Waals surface area contributed by atoms with E-state index in [4.69, 9.17) is 14.2 Å². The first kappa shape index (κ1) is 25.6. The number of carbonyl (C=O) groups excluding carboxylic acids is 2. The molecule has 1 saturated heterocycles. The summed E-state index contributed by atoms with van der Waals surface area (Å²) in [6.07, 6.45) is 7.43. The minimum Gasteiger partial charge on any atom is -0.507 e. The van der Waals surface area contributed by atoms with E-state index in [1.165, 1.54) is 19.1 Å². The quantitative estimate of drug-likeness (QED) is 0.183. The molecule has 0 bridgehead atoms. The van der Waals surface area contributed by atoms with Crippen molar-refractivity contribution >= 4 is 17.4 Å². The minimum absolute atomic E-state index is 0.0135. The number of aliphatic hydroxyl groups is 1. The van der Waals surface area contributed by atoms with Gasteiger partial charge in [-0.15, -0.1) is 0 Å². The molecule has 1 aliphatic heterocycles. The number of hydrogen-bond donors (Lipinski definition) is 1. The topological polar surface area (TPSA) is 103 Å². The lowest BCUT2D eigenvalue weighted by Gasteiger charge is -2.26. The van der Waals surface area contributed by atoms with Gasteiger partial charge >= 0.3 is 0 Å². The third-order valence-electron chi connectivity index (χ3n) is 6.13. The molecular formula is C28H29N3O6. The van der Waals surface area contributed by atoms with Crippen molar-refractivity contribution in [3.63, 3.8) is 0 Å². The van der Waals surface area contributed by atoms with Gasteiger partial charge in [0.1, 0.15) is 18.1 Å². The van der Waals surface area contributed by atoms with Gasteiger partial charge in [0.25, 0.3) is 11.7 Å². The Hall–Kier alpha value is -4.53. The normalized spacial score (nSPS) is 16.6. The Morgan fingerprint density at radius 3 is 2.49 bits per heavy atom. The van der Waals surface area contributed by atoms with Crippen LogP contribution in [0.1, 0.15) is 23.6 Å². The van der Waals surface area contributed by atoms with E-state index in [-0.39, 0.29) is 11.3 Å². The average Bonchev–Trinajstić information content (AvgIpc) is 3.53. The fourth-order valence-corrected chi connectivity index (χ4v) is 4.34. The fraction of sp³-hybridized carbons (Fsp3) is 0.250. The maximum atomic E-state index is 13.3. The molecule has 0 saturated carbocycles. The molecule has 2 aromatic carbocycles. The van der Waals surface area contributed by atoms with Crippen LogP contribution in [0.15, 0.2) is 79.4 Å². The van der Waals surface area contributed by atoms with E-state index in [0.717, 1.165) is 0 Å². The summed E-state index contributed by atoms with van der Waals surface area (Å²) in [7, 11) is 3.04. The van der Waals surface area contributed by atoms with E-state index in [0.29, 0.717) is 54.5 Å². The lowest BCUT2D eigenvalue weighted by Crippen LogP contribution is -2.31. The van der Waals surface area contributed by atoms with Gasteiger partial charge in [0.2, 0.25) is 0 Å². The van der Waals surface area contributed by atoms with Gasteiger partial charge in [0.05, 0.1) is 32.2 Å². The second kappa shape index (κ2) is 11.5. The van der Waals surface area contributed by atoms with Crippen LogP contribution in [-0.2, 0) is 16.1 Å². The number of methoxy groups -OCH3 is 2. The number of ether oxygens (including phenoxy) is 3. The summed E-state index contributed by atoms with van der Waals surface area (Å²) in [5, 5.41) is 11.3. The molecule has 0 aliphatic carbocycles. The molecule has 0 radical (unpaired) electrons. The summed E-state index contributed by atoms with van der Waals surface area (Å²) >= 11 is 0. The summed E-state index contributed by atoms with van der Waals surface area (Å²) < 4.78 is 18.2. The summed E-state index contributed by atoms with van der Waals surface area (Å²) in [5.41, 5.74) is 1.03. The molecule has 1 aromatic heterocycles. The molecule has 1 fully saturated rings. The van der Waals surface area contributed by atoms with Crippen LogP contribution in [0, 0.1) is 0 Å². The van der Waals surface area contributed by atoms with Crippen LogP contribution < -0.4 is 14.2 Å². The Labute approximate surface area is 215 Å². The van der Waals surface area contributed by atoms with Gasteiger partial charge in [-0.2, -0.15) is 0 Å². The van der Waals surface area contributed by atoms with Crippen LogP contribution >= 0.6 is 0 Å². The van der Waals surface area contributed by atoms with Gasteiger partial charge in [0, 0.05) is 31.0 Å². The highest BCUT2D eigenvalue weighted by molar-refractivity contribution is 6.46. The van der Waals surface area contributed by atoms with Crippen molar-refractivity contribution < 1.29 is 28.9 Å². The number of imidazole rings is 1. The number of amides is 1. The number of ketones is 1. The molecule has 1 atom stereocenters. The third kappa shape index (κ3) is 5.35. The molecule has 2 heterocycles. The molecule has 9 nitrogen and oxygen atoms in total. The van der Waals surface area contributed by atoms with Crippen LogP contribution in [0.3, 0.4) is 0 Å². The fourth-order valence-electron chi connectivity index (χ4n) is 4.34. The van der Waals surface area contributed by atoms with Gasteiger partial charge in [0.15, 0.2) is 11.5 Å². The van der Waals surface area contributed by atoms with Crippen LogP contribution in [0.25, 0.3) is 5.76 Å². The number of carbonyl (C=O) groups is 2. The van der Waals surface area contributed by atoms with Gasteiger partial charge in [-0.1, -0.05) is 18.7 Å². The largest absolute Gasteiger partial charge is 0.507 e. The third-order valence-corrected chi connectivity index (χ3v) is 6.13. The van der Waals surface area contributed by atoms with Crippen molar-refractivity contribution in [1.29, 1.82) is 0 Å². The first-order valence-corrected chi connectivity index (χ1v) is 11.8. The molecule has 0 unspecified atom stereocenters. The van der Waals surface area contributed by atoms with Crippen molar-refractivity contribution in [1.82, 2.24) is 14.5 Å². The van der Waals surface area contributed by atoms with Crippen LogP contribution in [0.2, 0.25) is 0 Å². The zero-order valence-electron chi connectivity index (χ0n) is 20.8. The number of aromatic nitrogens is 2. The van der Waals surface area contributed by atoms with Crippen LogP contribution in [-0.4, -0.2) is 58.6 Å². The zero-order valence-corrected chi connectivity index (χ0v) is 20.8. The van der Waals surface area contributed by atoms with E-state index < -0.39 is 17.7 Å². The van der Waals surface area contributed by atoms with E-state index in [2.05, 4.69) is 11.6 Å². The second-order valence-electron chi connectivity index (χ2n) is 8.39. The Kier molecular flexibility index (Phi) is 7.92. The zero-order chi connectivity index (χ0) is 26.4. The van der Waals surface area contributed by atoms with Gasteiger partial charge in [-0.25, -0.2) is 4.98 Å². The number of nitrogens with zero attached hydrogens (tertiary/aromatic N) is 3. The Bertz CT molecular complexity index is 1300. The van der Waals surface area contributed by atoms with Crippen molar-refractivity contribution in [3.8, 4) is 17.2 Å². The molecule has 1 N–H and O–H groups in total. The standard InChI is InChI=1S/C28H29N3O6/c1-4-16-37-21-9-6-19(7-10-21)26(32)24-25(20-8-11-22(35-2)23(17-20)36-3)31(28(34)27(24)33)14-5-13-30-15-12-29-18-30/h4,6-12,15,17-18,25,32H,1,5,13-14,16H2,2-3H3/b26-24+/t25-/m1/s1. The molecular weight excluding hydrogens is 474 g/mol. The number of Topliss-reactive ketones (excluding diaryl/α,β-unsaturated/α-hetero) is 1. The van der Waals surface area contributed by atoms with Gasteiger partial charge in [-0.05, 0) is 48.4 Å². The lowest BCUT2D eigenvalue weighted by molar-refractivity contribution is -0.139. The Morgan fingerprint density at radius 2 is 1.84 bits per heavy atom. The average molecular weight is 504 g/mol. The molecule has 1 aliphatic rings. The number of aliphatic hydroxyl groups excluding tert-OH is 1. The van der Waals surface area contributed by atoms with E-state index in [9.17, 15) is 14.7 Å². The first-order valence-electron chi connectivity index (χ1n) is 11.8. The Morgan fingerprint density at radius 1 is 1.08 bits per heavy atom. The monoisotopic (exact) mass is 503 g/mol. The summed E-state index contributed by atoms with van der Waals surface area (Å²) in [6, 6.07) is 11.1. The summed E-state index contributed by atoms with van der Waals surface area (Å²) in [5.74, 6) is -0.116. The molecule has 192 valence electrons. The van der Waals surface area contributed by atoms with E-state index >= 15 is 0 Å². The van der Waals surface area contributed by atoms with Crippen LogP contribution in [0.5, 0.6) is 17.2 Å². The number of hydrogen-bond acceptors (Lipinski definition) is 7. The predicted molar refractivity (Wildman–Crippen MR) is 138 cm³/mol. The van der Waals surface area contributed by atoms with Crippen molar-refractivity contribution in [3.05, 3.63) is 90.5 Å². The molecule has 9 heteroatoms. The van der Waals surface area contributed by atoms with Crippen LogP contribution in [0.4, 0.5) is 0 Å².